The summed E-state index contributed by atoms with van der Waals surface area (Å²) in [4.78, 5) is 11.6. The first-order valence-electron chi connectivity index (χ1n) is 11.4. The van der Waals surface area contributed by atoms with Crippen molar-refractivity contribution in [1.82, 2.24) is 15.3 Å². The summed E-state index contributed by atoms with van der Waals surface area (Å²) in [5.74, 6) is 1.98. The molecule has 1 atom stereocenters. The maximum Gasteiger partial charge on any atom is 0.231 e. The largest absolute Gasteiger partial charge is 0.361 e. The molecule has 0 spiro atoms. The van der Waals surface area contributed by atoms with Crippen LogP contribution in [0.2, 0.25) is 0 Å². The molecule has 2 heterocycles. The van der Waals surface area contributed by atoms with E-state index in [2.05, 4.69) is 27.4 Å². The summed E-state index contributed by atoms with van der Waals surface area (Å²) in [6, 6.07) is 8.97. The maximum atomic E-state index is 13.4. The minimum Gasteiger partial charge on any atom is -0.361 e. The van der Waals surface area contributed by atoms with Crippen LogP contribution >= 0.6 is 12.2 Å². The van der Waals surface area contributed by atoms with E-state index in [1.807, 2.05) is 25.1 Å². The Morgan fingerprint density at radius 2 is 1.94 bits per heavy atom. The molecule has 7 heteroatoms. The number of benzene rings is 1. The van der Waals surface area contributed by atoms with Gasteiger partial charge in [0, 0.05) is 36.8 Å². The predicted molar refractivity (Wildman–Crippen MR) is 128 cm³/mol. The van der Waals surface area contributed by atoms with E-state index in [1.165, 1.54) is 31.2 Å². The molecule has 2 aliphatic rings. The molecule has 5 nitrogen and oxygen atoms in total. The topological polar surface area (TPSA) is 53.1 Å². The van der Waals surface area contributed by atoms with Gasteiger partial charge in [-0.05, 0) is 68.4 Å². The Balaban J connectivity index is 1.42. The molecule has 0 radical (unpaired) electrons. The Morgan fingerprint density at radius 3 is 2.65 bits per heavy atom. The molecule has 2 aromatic rings. The molecular formula is C24H32FN5S. The number of thiocarbonyl (C=S) groups is 1. The Bertz CT molecular complexity index is 911. The van der Waals surface area contributed by atoms with Gasteiger partial charge in [-0.15, -0.1) is 0 Å². The van der Waals surface area contributed by atoms with Gasteiger partial charge in [0.25, 0.3) is 0 Å². The van der Waals surface area contributed by atoms with Crippen LogP contribution in [0.1, 0.15) is 56.7 Å². The fourth-order valence-electron chi connectivity index (χ4n) is 4.99. The Hall–Kier alpha value is -2.28. The summed E-state index contributed by atoms with van der Waals surface area (Å²) in [5.41, 5.74) is 2.09. The van der Waals surface area contributed by atoms with Crippen LogP contribution < -0.4 is 15.5 Å². The van der Waals surface area contributed by atoms with Crippen molar-refractivity contribution in [3.8, 4) is 0 Å². The van der Waals surface area contributed by atoms with Gasteiger partial charge in [0.05, 0.1) is 0 Å². The van der Waals surface area contributed by atoms with E-state index in [0.29, 0.717) is 23.5 Å². The quantitative estimate of drug-likeness (QED) is 0.640. The van der Waals surface area contributed by atoms with Crippen molar-refractivity contribution < 1.29 is 4.39 Å². The average molecular weight is 442 g/mol. The molecule has 1 saturated heterocycles. The number of aryl methyl sites for hydroxylation is 1. The van der Waals surface area contributed by atoms with Crippen LogP contribution in [0.5, 0.6) is 0 Å². The van der Waals surface area contributed by atoms with Crippen LogP contribution in [0.4, 0.5) is 16.2 Å². The summed E-state index contributed by atoms with van der Waals surface area (Å²) in [7, 11) is 0. The van der Waals surface area contributed by atoms with Gasteiger partial charge < -0.3 is 15.5 Å². The summed E-state index contributed by atoms with van der Waals surface area (Å²) in [6.45, 7) is 7.05. The number of aromatic nitrogens is 2. The van der Waals surface area contributed by atoms with Crippen LogP contribution in [0.3, 0.4) is 0 Å². The van der Waals surface area contributed by atoms with Crippen LogP contribution in [0, 0.1) is 18.7 Å². The Labute approximate surface area is 189 Å². The van der Waals surface area contributed by atoms with Crippen molar-refractivity contribution in [2.75, 3.05) is 29.9 Å². The number of halogens is 1. The zero-order chi connectivity index (χ0) is 21.8. The molecule has 1 aliphatic heterocycles. The van der Waals surface area contributed by atoms with E-state index in [0.717, 1.165) is 37.4 Å². The SMILES string of the molecule is Cc1cc(N2CCC[C@H](C)C2)nc(NC(=S)NCC2(c3ccc(F)cc3)CCCC2)n1. The zero-order valence-electron chi connectivity index (χ0n) is 18.5. The molecule has 2 N–H and O–H groups in total. The minimum absolute atomic E-state index is 0.0119. The molecule has 1 saturated carbocycles. The van der Waals surface area contributed by atoms with Crippen molar-refractivity contribution in [3.63, 3.8) is 0 Å². The summed E-state index contributed by atoms with van der Waals surface area (Å²) in [6.07, 6.45) is 6.97. The van der Waals surface area contributed by atoms with E-state index in [9.17, 15) is 4.39 Å². The lowest BCUT2D eigenvalue weighted by atomic mass is 9.79. The molecule has 4 rings (SSSR count). The second-order valence-corrected chi connectivity index (χ2v) is 9.59. The van der Waals surface area contributed by atoms with E-state index in [-0.39, 0.29) is 11.2 Å². The third kappa shape index (κ3) is 5.32. The zero-order valence-corrected chi connectivity index (χ0v) is 19.3. The van der Waals surface area contributed by atoms with Crippen molar-refractivity contribution in [2.24, 2.45) is 5.92 Å². The number of piperidine rings is 1. The number of anilines is 2. The normalized spacial score (nSPS) is 20.5. The summed E-state index contributed by atoms with van der Waals surface area (Å²) < 4.78 is 13.4. The molecule has 1 aliphatic carbocycles. The van der Waals surface area contributed by atoms with E-state index >= 15 is 0 Å². The number of hydrogen-bond donors (Lipinski definition) is 2. The average Bonchev–Trinajstić information content (AvgIpc) is 3.22. The highest BCUT2D eigenvalue weighted by atomic mass is 32.1. The van der Waals surface area contributed by atoms with Gasteiger partial charge >= 0.3 is 0 Å². The highest BCUT2D eigenvalue weighted by Gasteiger charge is 2.35. The molecule has 2 fully saturated rings. The van der Waals surface area contributed by atoms with Gasteiger partial charge in [-0.3, -0.25) is 0 Å². The number of hydrogen-bond acceptors (Lipinski definition) is 4. The van der Waals surface area contributed by atoms with Crippen LogP contribution in [0.15, 0.2) is 30.3 Å². The van der Waals surface area contributed by atoms with Gasteiger partial charge in [-0.2, -0.15) is 4.98 Å². The highest BCUT2D eigenvalue weighted by Crippen LogP contribution is 2.40. The van der Waals surface area contributed by atoms with Crippen molar-refractivity contribution in [2.45, 2.75) is 57.8 Å². The second-order valence-electron chi connectivity index (χ2n) is 9.19. The van der Waals surface area contributed by atoms with Gasteiger partial charge in [-0.25, -0.2) is 9.37 Å². The van der Waals surface area contributed by atoms with Crippen molar-refractivity contribution in [1.29, 1.82) is 0 Å². The van der Waals surface area contributed by atoms with Gasteiger partial charge in [0.15, 0.2) is 5.11 Å². The van der Waals surface area contributed by atoms with Gasteiger partial charge in [0.2, 0.25) is 5.95 Å². The smallest absolute Gasteiger partial charge is 0.231 e. The van der Waals surface area contributed by atoms with Crippen LogP contribution in [0.25, 0.3) is 0 Å². The molecule has 31 heavy (non-hydrogen) atoms. The fraction of sp³-hybridized carbons (Fsp3) is 0.542. The number of nitrogens with one attached hydrogen (secondary N) is 2. The first-order valence-corrected chi connectivity index (χ1v) is 11.8. The number of nitrogens with zero attached hydrogens (tertiary/aromatic N) is 3. The third-order valence-electron chi connectivity index (χ3n) is 6.65. The molecule has 1 aromatic heterocycles. The first-order chi connectivity index (χ1) is 14.9. The molecule has 0 amide bonds. The van der Waals surface area contributed by atoms with Gasteiger partial charge in [-0.1, -0.05) is 31.9 Å². The lowest BCUT2D eigenvalue weighted by molar-refractivity contribution is 0.434. The lowest BCUT2D eigenvalue weighted by Crippen LogP contribution is -2.41. The van der Waals surface area contributed by atoms with Crippen molar-refractivity contribution in [3.05, 3.63) is 47.4 Å². The summed E-state index contributed by atoms with van der Waals surface area (Å²) >= 11 is 5.58. The lowest BCUT2D eigenvalue weighted by Gasteiger charge is -2.32. The van der Waals surface area contributed by atoms with E-state index in [1.54, 1.807) is 12.1 Å². The monoisotopic (exact) mass is 441 g/mol. The third-order valence-corrected chi connectivity index (χ3v) is 6.90. The summed E-state index contributed by atoms with van der Waals surface area (Å²) in [5, 5.41) is 7.10. The Morgan fingerprint density at radius 1 is 1.19 bits per heavy atom. The van der Waals surface area contributed by atoms with Crippen molar-refractivity contribution >= 4 is 29.1 Å². The molecule has 0 bridgehead atoms. The number of rotatable bonds is 5. The van der Waals surface area contributed by atoms with Gasteiger partial charge in [0.1, 0.15) is 11.6 Å². The predicted octanol–water partition coefficient (Wildman–Crippen LogP) is 4.96. The molecule has 0 unspecified atom stereocenters. The first kappa shape index (κ1) is 21.9. The van der Waals surface area contributed by atoms with Crippen LogP contribution in [-0.4, -0.2) is 34.7 Å². The molecular weight excluding hydrogens is 409 g/mol. The highest BCUT2D eigenvalue weighted by molar-refractivity contribution is 7.80. The van der Waals surface area contributed by atoms with E-state index in [4.69, 9.17) is 17.2 Å². The minimum atomic E-state index is -0.197. The Kier molecular flexibility index (Phi) is 6.70. The second kappa shape index (κ2) is 9.47. The standard InChI is InChI=1S/C24H32FN5S/c1-17-6-5-13-30(15-17)21-14-18(2)27-22(28-21)29-23(31)26-16-24(11-3-4-12-24)19-7-9-20(25)10-8-19/h7-10,14,17H,3-6,11-13,15-16H2,1-2H3,(H2,26,27,28,29,31)/t17-/m0/s1. The molecule has 1 aromatic carbocycles. The molecule has 166 valence electrons. The van der Waals surface area contributed by atoms with E-state index < -0.39 is 0 Å². The van der Waals surface area contributed by atoms with Crippen LogP contribution in [-0.2, 0) is 5.41 Å². The fourth-order valence-corrected chi connectivity index (χ4v) is 5.15. The maximum absolute atomic E-state index is 13.4.